The van der Waals surface area contributed by atoms with Gasteiger partial charge in [0.1, 0.15) is 6.61 Å². The van der Waals surface area contributed by atoms with E-state index in [0.29, 0.717) is 19.3 Å². The summed E-state index contributed by atoms with van der Waals surface area (Å²) in [6.07, 6.45) is 44.0. The number of unbranched alkanes of at least 4 members (excludes halogenated alkanes) is 17. The number of esters is 2. The summed E-state index contributed by atoms with van der Waals surface area (Å²) in [6, 6.07) is 0. The molecule has 0 saturated heterocycles. The van der Waals surface area contributed by atoms with E-state index in [0.717, 1.165) is 63.7 Å². The number of phosphoric acid groups is 1. The number of hydrogen-bond donors (Lipinski definition) is 3. The van der Waals surface area contributed by atoms with Crippen LogP contribution >= 0.6 is 7.82 Å². The number of aliphatic hydroxyl groups excluding tert-OH is 1. The summed E-state index contributed by atoms with van der Waals surface area (Å²) in [5, 5.41) is 9.25. The first-order valence-electron chi connectivity index (χ1n) is 21.8. The van der Waals surface area contributed by atoms with E-state index in [1.807, 2.05) is 13.0 Å². The fraction of sp³-hybridized carbons (Fsp3) is 0.778. The van der Waals surface area contributed by atoms with Gasteiger partial charge in [-0.15, -0.1) is 0 Å². The summed E-state index contributed by atoms with van der Waals surface area (Å²) >= 11 is 0. The van der Waals surface area contributed by atoms with Crippen molar-refractivity contribution in [2.24, 2.45) is 5.92 Å². The molecule has 0 aromatic carbocycles. The molecule has 320 valence electrons. The standard InChI is InChI=1S/C45H81O9P/c1-41(2)35-31-27-23-19-15-11-7-4-5-9-14-18-22-26-30-34-38-45(48)54-43(40-53-55(49,50)51)39-52-44(47)37-33-29-25-21-17-13-10-6-8-12-16-20-24-28-32-36-42(3)46/h8,10,12-13,20-21,24-25,41-43,46H,4-7,9,11,14-19,22-23,26-40H2,1-3H3,(H2,49,50,51)/b12-8-,13-10-,24-20-,25-21-/t42-,43-/m1/s1. The van der Waals surface area contributed by atoms with Gasteiger partial charge in [0.2, 0.25) is 0 Å². The SMILES string of the molecule is CC(C)CCCCCCCCCCCCCCCCCCC(=O)O[C@H](COC(=O)CCC/C=C\C/C=C\C/C=C\C/C=C\CCC[C@@H](C)O)COP(=O)(O)O. The normalized spacial score (nSPS) is 13.6. The number of allylic oxidation sites excluding steroid dienone is 8. The molecule has 0 radical (unpaired) electrons. The highest BCUT2D eigenvalue weighted by Crippen LogP contribution is 2.36. The summed E-state index contributed by atoms with van der Waals surface area (Å²) in [5.74, 6) is -0.128. The van der Waals surface area contributed by atoms with Crippen LogP contribution in [0.1, 0.15) is 194 Å². The Morgan fingerprint density at radius 1 is 0.527 bits per heavy atom. The first kappa shape index (κ1) is 53.0. The predicted molar refractivity (Wildman–Crippen MR) is 227 cm³/mol. The number of phosphoric ester groups is 1. The van der Waals surface area contributed by atoms with Crippen molar-refractivity contribution in [3.63, 3.8) is 0 Å². The van der Waals surface area contributed by atoms with E-state index in [1.54, 1.807) is 0 Å². The highest BCUT2D eigenvalue weighted by Gasteiger charge is 2.22. The molecular weight excluding hydrogens is 715 g/mol. The molecule has 9 nitrogen and oxygen atoms in total. The second-order valence-electron chi connectivity index (χ2n) is 15.4. The van der Waals surface area contributed by atoms with E-state index in [4.69, 9.17) is 19.3 Å². The first-order valence-corrected chi connectivity index (χ1v) is 23.4. The van der Waals surface area contributed by atoms with Crippen LogP contribution < -0.4 is 0 Å². The highest BCUT2D eigenvalue weighted by atomic mass is 31.2. The molecule has 0 unspecified atom stereocenters. The first-order chi connectivity index (χ1) is 26.5. The van der Waals surface area contributed by atoms with Crippen LogP contribution in [0, 0.1) is 5.92 Å². The summed E-state index contributed by atoms with van der Waals surface area (Å²) in [4.78, 5) is 42.9. The number of hydrogen-bond acceptors (Lipinski definition) is 7. The topological polar surface area (TPSA) is 140 Å². The zero-order valence-electron chi connectivity index (χ0n) is 35.1. The van der Waals surface area contributed by atoms with Crippen molar-refractivity contribution in [1.29, 1.82) is 0 Å². The zero-order valence-corrected chi connectivity index (χ0v) is 36.0. The maximum atomic E-state index is 12.4. The molecule has 0 rings (SSSR count). The molecule has 3 N–H and O–H groups in total. The zero-order chi connectivity index (χ0) is 40.7. The number of carbonyl (C=O) groups excluding carboxylic acids is 2. The van der Waals surface area contributed by atoms with E-state index in [-0.39, 0.29) is 25.6 Å². The van der Waals surface area contributed by atoms with Gasteiger partial charge in [0, 0.05) is 12.8 Å². The summed E-state index contributed by atoms with van der Waals surface area (Å²) in [5.41, 5.74) is 0. The van der Waals surface area contributed by atoms with Gasteiger partial charge < -0.3 is 24.4 Å². The highest BCUT2D eigenvalue weighted by molar-refractivity contribution is 7.46. The van der Waals surface area contributed by atoms with Crippen molar-refractivity contribution >= 4 is 19.8 Å². The molecule has 0 saturated carbocycles. The second-order valence-corrected chi connectivity index (χ2v) is 16.7. The van der Waals surface area contributed by atoms with Crippen molar-refractivity contribution < 1.29 is 43.0 Å². The van der Waals surface area contributed by atoms with Crippen LogP contribution in [0.4, 0.5) is 0 Å². The van der Waals surface area contributed by atoms with Crippen LogP contribution in [0.2, 0.25) is 0 Å². The molecule has 0 aromatic rings. The average Bonchev–Trinajstić information content (AvgIpc) is 3.12. The third-order valence-corrected chi connectivity index (χ3v) is 9.78. The lowest BCUT2D eigenvalue weighted by Gasteiger charge is -2.18. The fourth-order valence-electron chi connectivity index (χ4n) is 6.04. The maximum Gasteiger partial charge on any atom is 0.469 e. The largest absolute Gasteiger partial charge is 0.469 e. The third kappa shape index (κ3) is 44.6. The van der Waals surface area contributed by atoms with Crippen LogP contribution in [0.15, 0.2) is 48.6 Å². The van der Waals surface area contributed by atoms with Gasteiger partial charge in [0.15, 0.2) is 6.10 Å². The molecule has 0 fully saturated rings. The minimum atomic E-state index is -4.77. The lowest BCUT2D eigenvalue weighted by atomic mass is 10.0. The minimum absolute atomic E-state index is 0.179. The Labute approximate surface area is 336 Å². The van der Waals surface area contributed by atoms with Gasteiger partial charge in [-0.2, -0.15) is 0 Å². The smallest absolute Gasteiger partial charge is 0.462 e. The van der Waals surface area contributed by atoms with Gasteiger partial charge in [-0.3, -0.25) is 14.1 Å². The summed E-state index contributed by atoms with van der Waals surface area (Å²) in [6.45, 7) is 5.55. The maximum absolute atomic E-state index is 12.4. The van der Waals surface area contributed by atoms with Gasteiger partial charge in [-0.05, 0) is 70.6 Å². The van der Waals surface area contributed by atoms with E-state index < -0.39 is 32.5 Å². The van der Waals surface area contributed by atoms with E-state index in [2.05, 4.69) is 60.9 Å². The molecule has 0 aromatic heterocycles. The van der Waals surface area contributed by atoms with Gasteiger partial charge in [0.25, 0.3) is 0 Å². The number of carbonyl (C=O) groups is 2. The Bertz CT molecular complexity index is 1060. The predicted octanol–water partition coefficient (Wildman–Crippen LogP) is 12.3. The van der Waals surface area contributed by atoms with Crippen molar-refractivity contribution in [2.75, 3.05) is 13.2 Å². The lowest BCUT2D eigenvalue weighted by molar-refractivity contribution is -0.161. The molecule has 10 heteroatoms. The lowest BCUT2D eigenvalue weighted by Crippen LogP contribution is -2.29. The van der Waals surface area contributed by atoms with Gasteiger partial charge in [-0.1, -0.05) is 165 Å². The van der Waals surface area contributed by atoms with Crippen molar-refractivity contribution in [2.45, 2.75) is 206 Å². The van der Waals surface area contributed by atoms with Gasteiger partial charge in [0.05, 0.1) is 12.7 Å². The molecular formula is C45H81O9P. The monoisotopic (exact) mass is 797 g/mol. The molecule has 0 aliphatic rings. The Balaban J connectivity index is 3.97. The minimum Gasteiger partial charge on any atom is -0.462 e. The van der Waals surface area contributed by atoms with E-state index >= 15 is 0 Å². The van der Waals surface area contributed by atoms with Crippen molar-refractivity contribution in [3.05, 3.63) is 48.6 Å². The third-order valence-electron chi connectivity index (χ3n) is 9.30. The second kappa shape index (κ2) is 38.8. The molecule has 2 atom stereocenters. The Morgan fingerprint density at radius 3 is 1.40 bits per heavy atom. The molecule has 0 aliphatic carbocycles. The average molecular weight is 797 g/mol. The van der Waals surface area contributed by atoms with E-state index in [1.165, 1.54) is 83.5 Å². The number of rotatable bonds is 39. The van der Waals surface area contributed by atoms with Gasteiger partial charge in [-0.25, -0.2) is 4.57 Å². The van der Waals surface area contributed by atoms with Crippen LogP contribution in [0.5, 0.6) is 0 Å². The molecule has 0 amide bonds. The molecule has 0 bridgehead atoms. The summed E-state index contributed by atoms with van der Waals surface area (Å²) < 4.78 is 26.4. The van der Waals surface area contributed by atoms with E-state index in [9.17, 15) is 19.3 Å². The van der Waals surface area contributed by atoms with Crippen molar-refractivity contribution in [3.8, 4) is 0 Å². The molecule has 0 aliphatic heterocycles. The van der Waals surface area contributed by atoms with Crippen LogP contribution in [-0.4, -0.2) is 52.3 Å². The van der Waals surface area contributed by atoms with Crippen LogP contribution in [0.25, 0.3) is 0 Å². The van der Waals surface area contributed by atoms with Crippen LogP contribution in [-0.2, 0) is 28.2 Å². The molecule has 0 spiro atoms. The number of aliphatic hydroxyl groups is 1. The number of ether oxygens (including phenoxy) is 2. The molecule has 55 heavy (non-hydrogen) atoms. The summed E-state index contributed by atoms with van der Waals surface area (Å²) in [7, 11) is -4.77. The Kier molecular flexibility index (Phi) is 37.4. The van der Waals surface area contributed by atoms with Gasteiger partial charge >= 0.3 is 19.8 Å². The van der Waals surface area contributed by atoms with Crippen molar-refractivity contribution in [1.82, 2.24) is 0 Å². The Hall–Kier alpha value is -2.03. The van der Waals surface area contributed by atoms with Crippen LogP contribution in [0.3, 0.4) is 0 Å². The fourth-order valence-corrected chi connectivity index (χ4v) is 6.40. The molecule has 0 heterocycles. The quantitative estimate of drug-likeness (QED) is 0.0240. The Morgan fingerprint density at radius 2 is 0.945 bits per heavy atom.